The zero-order valence-electron chi connectivity index (χ0n) is 15.3. The fraction of sp³-hybridized carbons (Fsp3) is 0.235. The number of anilines is 1. The summed E-state index contributed by atoms with van der Waals surface area (Å²) in [7, 11) is -2.53. The number of aromatic nitrogens is 4. The zero-order valence-corrected chi connectivity index (χ0v) is 16.1. The van der Waals surface area contributed by atoms with Crippen LogP contribution in [-0.2, 0) is 10.0 Å². The van der Waals surface area contributed by atoms with Crippen molar-refractivity contribution in [2.45, 2.75) is 11.8 Å². The van der Waals surface area contributed by atoms with Crippen LogP contribution in [0.3, 0.4) is 0 Å². The summed E-state index contributed by atoms with van der Waals surface area (Å²) in [4.78, 5) is 12.3. The first kappa shape index (κ1) is 19.7. The summed E-state index contributed by atoms with van der Waals surface area (Å²) in [5.74, 6) is 1.19. The summed E-state index contributed by atoms with van der Waals surface area (Å²) < 4.78 is 47.2. The molecule has 3 aromatic rings. The molecule has 1 aromatic carbocycles. The molecule has 9 nitrogen and oxygen atoms in total. The predicted octanol–water partition coefficient (Wildman–Crippen LogP) is 1.51. The van der Waals surface area contributed by atoms with Gasteiger partial charge in [-0.2, -0.15) is 0 Å². The van der Waals surface area contributed by atoms with Gasteiger partial charge in [-0.25, -0.2) is 32.5 Å². The summed E-state index contributed by atoms with van der Waals surface area (Å²) >= 11 is 0. The molecule has 28 heavy (non-hydrogen) atoms. The first-order valence-electron chi connectivity index (χ1n) is 8.30. The lowest BCUT2D eigenvalue weighted by atomic mass is 10.3. The Balaban J connectivity index is 1.58. The van der Waals surface area contributed by atoms with Gasteiger partial charge in [0.05, 0.1) is 12.0 Å². The van der Waals surface area contributed by atoms with Gasteiger partial charge in [0.2, 0.25) is 10.0 Å². The molecule has 0 aliphatic heterocycles. The lowest BCUT2D eigenvalue weighted by Crippen LogP contribution is -2.29. The van der Waals surface area contributed by atoms with Gasteiger partial charge in [-0.1, -0.05) is 0 Å². The summed E-state index contributed by atoms with van der Waals surface area (Å²) in [6.07, 6.45) is 4.85. The Labute approximate surface area is 161 Å². The minimum absolute atomic E-state index is 0.0201. The molecule has 0 unspecified atom stereocenters. The number of rotatable bonds is 8. The third-order valence-electron chi connectivity index (χ3n) is 3.88. The van der Waals surface area contributed by atoms with E-state index in [-0.39, 0.29) is 23.7 Å². The zero-order chi connectivity index (χ0) is 20.1. The van der Waals surface area contributed by atoms with Crippen LogP contribution in [0.5, 0.6) is 5.75 Å². The fourth-order valence-corrected chi connectivity index (χ4v) is 3.51. The number of nitrogens with zero attached hydrogens (tertiary/aromatic N) is 4. The minimum atomic E-state index is -3.84. The van der Waals surface area contributed by atoms with Crippen LogP contribution in [0.15, 0.2) is 47.9 Å². The van der Waals surface area contributed by atoms with Gasteiger partial charge in [0.1, 0.15) is 23.8 Å². The van der Waals surface area contributed by atoms with E-state index in [2.05, 4.69) is 25.0 Å². The van der Waals surface area contributed by atoms with Crippen molar-refractivity contribution in [2.24, 2.45) is 0 Å². The summed E-state index contributed by atoms with van der Waals surface area (Å²) in [6.45, 7) is 2.21. The van der Waals surface area contributed by atoms with Gasteiger partial charge < -0.3 is 10.1 Å². The van der Waals surface area contributed by atoms with Crippen LogP contribution in [0.2, 0.25) is 0 Å². The number of halogens is 1. The highest BCUT2D eigenvalue weighted by Crippen LogP contribution is 2.20. The molecule has 0 saturated heterocycles. The van der Waals surface area contributed by atoms with Crippen molar-refractivity contribution in [1.82, 2.24) is 24.2 Å². The van der Waals surface area contributed by atoms with Gasteiger partial charge in [0.15, 0.2) is 11.6 Å². The highest BCUT2D eigenvalue weighted by atomic mass is 32.2. The first-order valence-corrected chi connectivity index (χ1v) is 9.78. The second kappa shape index (κ2) is 8.31. The fourth-order valence-electron chi connectivity index (χ4n) is 2.47. The molecule has 2 aromatic heterocycles. The lowest BCUT2D eigenvalue weighted by molar-refractivity contribution is 0.385. The van der Waals surface area contributed by atoms with Gasteiger partial charge in [-0.15, -0.1) is 0 Å². The highest BCUT2D eigenvalue weighted by molar-refractivity contribution is 7.89. The molecule has 3 rings (SSSR count). The van der Waals surface area contributed by atoms with Gasteiger partial charge in [-0.3, -0.25) is 4.57 Å². The van der Waals surface area contributed by atoms with E-state index in [0.717, 1.165) is 11.9 Å². The molecular formula is C17H19FN6O3S. The molecule has 0 aliphatic carbocycles. The Morgan fingerprint density at radius 2 is 2.00 bits per heavy atom. The van der Waals surface area contributed by atoms with Crippen molar-refractivity contribution in [3.8, 4) is 11.6 Å². The number of imidazole rings is 1. The van der Waals surface area contributed by atoms with E-state index >= 15 is 0 Å². The van der Waals surface area contributed by atoms with Crippen LogP contribution >= 0.6 is 0 Å². The average molecular weight is 406 g/mol. The molecule has 148 valence electrons. The number of methoxy groups -OCH3 is 1. The molecule has 0 radical (unpaired) electrons. The molecule has 11 heteroatoms. The average Bonchev–Trinajstić information content (AvgIpc) is 3.11. The van der Waals surface area contributed by atoms with Crippen LogP contribution in [0.25, 0.3) is 5.82 Å². The topological polar surface area (TPSA) is 111 Å². The Kier molecular flexibility index (Phi) is 5.85. The Morgan fingerprint density at radius 3 is 2.68 bits per heavy atom. The van der Waals surface area contributed by atoms with E-state index < -0.39 is 15.8 Å². The van der Waals surface area contributed by atoms with E-state index in [0.29, 0.717) is 11.6 Å². The van der Waals surface area contributed by atoms with Crippen LogP contribution < -0.4 is 14.8 Å². The van der Waals surface area contributed by atoms with Gasteiger partial charge >= 0.3 is 0 Å². The van der Waals surface area contributed by atoms with Crippen molar-refractivity contribution < 1.29 is 17.5 Å². The Hall–Kier alpha value is -3.05. The Bertz CT molecular complexity index is 1070. The van der Waals surface area contributed by atoms with Crippen LogP contribution in [0.4, 0.5) is 10.2 Å². The number of sulfonamides is 1. The quantitative estimate of drug-likeness (QED) is 0.546. The van der Waals surface area contributed by atoms with E-state index in [9.17, 15) is 12.8 Å². The van der Waals surface area contributed by atoms with Crippen LogP contribution in [0.1, 0.15) is 5.82 Å². The highest BCUT2D eigenvalue weighted by Gasteiger charge is 2.16. The SMILES string of the molecule is COc1ccc(S(=O)(=O)NCCNc2cc(-n3ccnc3C)ncn2)cc1F. The van der Waals surface area contributed by atoms with E-state index in [1.54, 1.807) is 23.0 Å². The maximum atomic E-state index is 13.7. The number of aryl methyl sites for hydroxylation is 1. The van der Waals surface area contributed by atoms with Gasteiger partial charge in [-0.05, 0) is 25.1 Å². The number of nitrogens with one attached hydrogen (secondary N) is 2. The molecule has 0 saturated carbocycles. The van der Waals surface area contributed by atoms with Crippen molar-refractivity contribution in [3.05, 3.63) is 54.6 Å². The second-order valence-electron chi connectivity index (χ2n) is 5.73. The predicted molar refractivity (Wildman–Crippen MR) is 101 cm³/mol. The molecule has 0 bridgehead atoms. The molecule has 0 aliphatic rings. The molecule has 0 atom stereocenters. The van der Waals surface area contributed by atoms with Gasteiger partial charge in [0.25, 0.3) is 0 Å². The number of hydrogen-bond donors (Lipinski definition) is 2. The molecule has 0 fully saturated rings. The largest absolute Gasteiger partial charge is 0.494 e. The summed E-state index contributed by atoms with van der Waals surface area (Å²) in [5, 5.41) is 3.01. The van der Waals surface area contributed by atoms with Crippen molar-refractivity contribution in [1.29, 1.82) is 0 Å². The van der Waals surface area contributed by atoms with Gasteiger partial charge in [0, 0.05) is 31.5 Å². The summed E-state index contributed by atoms with van der Waals surface area (Å²) in [6, 6.07) is 5.19. The third kappa shape index (κ3) is 4.43. The smallest absolute Gasteiger partial charge is 0.240 e. The second-order valence-corrected chi connectivity index (χ2v) is 7.49. The molecule has 0 amide bonds. The lowest BCUT2D eigenvalue weighted by Gasteiger charge is -2.10. The minimum Gasteiger partial charge on any atom is -0.494 e. The number of benzene rings is 1. The maximum absolute atomic E-state index is 13.7. The number of ether oxygens (including phenoxy) is 1. The molecule has 2 N–H and O–H groups in total. The standard InChI is InChI=1S/C17H19FN6O3S/c1-12-19-7-8-24(12)17-10-16(21-11-22-17)20-5-6-23-28(25,26)13-3-4-15(27-2)14(18)9-13/h3-4,7-11,23H,5-6H2,1-2H3,(H,20,21,22). The summed E-state index contributed by atoms with van der Waals surface area (Å²) in [5.41, 5.74) is 0. The van der Waals surface area contributed by atoms with E-state index in [1.807, 2.05) is 6.92 Å². The number of hydrogen-bond acceptors (Lipinski definition) is 7. The Morgan fingerprint density at radius 1 is 1.18 bits per heavy atom. The van der Waals surface area contributed by atoms with Crippen LogP contribution in [0, 0.1) is 12.7 Å². The third-order valence-corrected chi connectivity index (χ3v) is 5.34. The van der Waals surface area contributed by atoms with E-state index in [1.165, 1.54) is 25.6 Å². The molecule has 0 spiro atoms. The maximum Gasteiger partial charge on any atom is 0.240 e. The van der Waals surface area contributed by atoms with E-state index in [4.69, 9.17) is 4.74 Å². The monoisotopic (exact) mass is 406 g/mol. The molecule has 2 heterocycles. The molecular weight excluding hydrogens is 387 g/mol. The van der Waals surface area contributed by atoms with Crippen molar-refractivity contribution in [2.75, 3.05) is 25.5 Å². The normalized spacial score (nSPS) is 11.4. The van der Waals surface area contributed by atoms with Crippen molar-refractivity contribution in [3.63, 3.8) is 0 Å². The van der Waals surface area contributed by atoms with Crippen molar-refractivity contribution >= 4 is 15.8 Å². The van der Waals surface area contributed by atoms with Crippen LogP contribution in [-0.4, -0.2) is 48.1 Å². The first-order chi connectivity index (χ1) is 13.4.